The van der Waals surface area contributed by atoms with Gasteiger partial charge >= 0.3 is 5.97 Å². The van der Waals surface area contributed by atoms with Crippen LogP contribution in [0.4, 0.5) is 0 Å². The van der Waals surface area contributed by atoms with Gasteiger partial charge in [0.2, 0.25) is 0 Å². The van der Waals surface area contributed by atoms with E-state index in [2.05, 4.69) is 4.98 Å². The second-order valence-electron chi connectivity index (χ2n) is 11.4. The summed E-state index contributed by atoms with van der Waals surface area (Å²) >= 11 is 1.55. The minimum atomic E-state index is -1.24. The number of carbonyl (C=O) groups excluding carboxylic acids is 2. The van der Waals surface area contributed by atoms with Crippen LogP contribution in [0.2, 0.25) is 0 Å². The van der Waals surface area contributed by atoms with E-state index >= 15 is 0 Å². The third-order valence-corrected chi connectivity index (χ3v) is 9.06. The third kappa shape index (κ3) is 5.49. The first-order valence-electron chi connectivity index (χ1n) is 12.7. The summed E-state index contributed by atoms with van der Waals surface area (Å²) in [6, 6.07) is 0. The zero-order valence-electron chi connectivity index (χ0n) is 21.5. The standard InChI is InChI=1S/C26H39NO7S/c1-13-8-7-9-17-18(32-17)10-20(26(6)24(34-26)16-12-35-15(3)27-16)33-21(29)11-19(28)25(4,5)23(31)14(2)22(13)30/h12-14,17-20,22,24,28,30H,7-11H2,1-6H3/t13-,14+,17+,18-,19-,20-,22?,24+,26+/m0/s1. The van der Waals surface area contributed by atoms with Crippen molar-refractivity contribution in [2.24, 2.45) is 17.3 Å². The smallest absolute Gasteiger partial charge is 0.308 e. The number of nitrogens with zero attached hydrogens (tertiary/aromatic N) is 1. The van der Waals surface area contributed by atoms with Gasteiger partial charge in [-0.3, -0.25) is 9.59 Å². The first-order chi connectivity index (χ1) is 16.3. The number of esters is 1. The SMILES string of the molecule is Cc1nc([C@H]2O[C@]2(C)[C@@H]2C[C@@H]3O[C@@H]3CCC[C@H](C)C(O)[C@@H](C)C(=O)C(C)(C)[C@@H](O)CC(=O)O2)cs1. The van der Waals surface area contributed by atoms with E-state index in [-0.39, 0.29) is 36.4 Å². The fourth-order valence-electron chi connectivity index (χ4n) is 5.40. The molecule has 0 radical (unpaired) electrons. The molecule has 0 amide bonds. The van der Waals surface area contributed by atoms with Crippen LogP contribution < -0.4 is 0 Å². The summed E-state index contributed by atoms with van der Waals surface area (Å²) in [5.74, 6) is -1.56. The molecule has 0 spiro atoms. The highest BCUT2D eigenvalue weighted by Gasteiger charge is 2.62. The molecular formula is C26H39NO7S. The predicted molar refractivity (Wildman–Crippen MR) is 130 cm³/mol. The van der Waals surface area contributed by atoms with E-state index in [0.717, 1.165) is 30.0 Å². The van der Waals surface area contributed by atoms with Crippen molar-refractivity contribution >= 4 is 23.1 Å². The molecule has 0 saturated carbocycles. The molecule has 0 bridgehead atoms. The first kappa shape index (κ1) is 26.7. The van der Waals surface area contributed by atoms with Gasteiger partial charge in [0.05, 0.1) is 47.0 Å². The van der Waals surface area contributed by atoms with Crippen LogP contribution in [0.3, 0.4) is 0 Å². The minimum Gasteiger partial charge on any atom is -0.459 e. The fraction of sp³-hybridized carbons (Fsp3) is 0.808. The molecule has 196 valence electrons. The molecule has 1 aromatic heterocycles. The van der Waals surface area contributed by atoms with Crippen molar-refractivity contribution in [3.8, 4) is 0 Å². The molecule has 3 fully saturated rings. The Balaban J connectivity index is 1.53. The number of Topliss-reactive ketones (excluding diaryl/α,β-unsaturated/α-hetero) is 1. The van der Waals surface area contributed by atoms with Crippen molar-refractivity contribution in [3.63, 3.8) is 0 Å². The van der Waals surface area contributed by atoms with Crippen LogP contribution in [0.25, 0.3) is 0 Å². The maximum absolute atomic E-state index is 13.2. The van der Waals surface area contributed by atoms with E-state index in [1.807, 2.05) is 26.2 Å². The van der Waals surface area contributed by atoms with Gasteiger partial charge in [-0.15, -0.1) is 11.3 Å². The number of aliphatic hydroxyl groups excluding tert-OH is 2. The molecule has 1 unspecified atom stereocenters. The molecule has 4 rings (SSSR count). The highest BCUT2D eigenvalue weighted by Crippen LogP contribution is 2.54. The van der Waals surface area contributed by atoms with Gasteiger partial charge in [0.1, 0.15) is 23.6 Å². The lowest BCUT2D eigenvalue weighted by Gasteiger charge is -2.34. The monoisotopic (exact) mass is 509 g/mol. The Morgan fingerprint density at radius 1 is 1.11 bits per heavy atom. The number of aryl methyl sites for hydroxylation is 1. The average Bonchev–Trinajstić information content (AvgIpc) is 3.66. The largest absolute Gasteiger partial charge is 0.459 e. The summed E-state index contributed by atoms with van der Waals surface area (Å²) in [7, 11) is 0. The average molecular weight is 510 g/mol. The zero-order chi connectivity index (χ0) is 25.7. The molecule has 3 aliphatic heterocycles. The van der Waals surface area contributed by atoms with Crippen LogP contribution in [0.15, 0.2) is 5.38 Å². The molecule has 4 heterocycles. The van der Waals surface area contributed by atoms with E-state index < -0.39 is 41.2 Å². The quantitative estimate of drug-likeness (QED) is 0.459. The Bertz CT molecular complexity index is 948. The molecule has 0 aliphatic carbocycles. The van der Waals surface area contributed by atoms with Gasteiger partial charge in [-0.2, -0.15) is 0 Å². The maximum atomic E-state index is 13.2. The Hall–Kier alpha value is -1.39. The number of aliphatic hydroxyl groups is 2. The molecule has 3 aliphatic rings. The summed E-state index contributed by atoms with van der Waals surface area (Å²) in [4.78, 5) is 30.7. The van der Waals surface area contributed by atoms with Crippen LogP contribution in [-0.4, -0.2) is 63.1 Å². The number of ether oxygens (including phenoxy) is 3. The van der Waals surface area contributed by atoms with Crippen LogP contribution in [0.1, 0.15) is 83.5 Å². The Labute approximate surface area is 211 Å². The summed E-state index contributed by atoms with van der Waals surface area (Å²) in [5.41, 5.74) is -1.10. The van der Waals surface area contributed by atoms with Gasteiger partial charge in [0.25, 0.3) is 0 Å². The molecule has 35 heavy (non-hydrogen) atoms. The van der Waals surface area contributed by atoms with E-state index in [0.29, 0.717) is 6.42 Å². The third-order valence-electron chi connectivity index (χ3n) is 8.27. The number of rotatable bonds is 2. The fourth-order valence-corrected chi connectivity index (χ4v) is 6.03. The van der Waals surface area contributed by atoms with Crippen molar-refractivity contribution in [2.75, 3.05) is 0 Å². The summed E-state index contributed by atoms with van der Waals surface area (Å²) in [5, 5.41) is 24.6. The number of epoxide rings is 2. The number of cyclic esters (lactones) is 1. The van der Waals surface area contributed by atoms with Crippen molar-refractivity contribution in [3.05, 3.63) is 16.1 Å². The molecule has 1 aromatic rings. The normalized spacial score (nSPS) is 42.7. The van der Waals surface area contributed by atoms with Crippen LogP contribution >= 0.6 is 11.3 Å². The predicted octanol–water partition coefficient (Wildman–Crippen LogP) is 3.51. The van der Waals surface area contributed by atoms with Gasteiger partial charge in [-0.05, 0) is 32.6 Å². The van der Waals surface area contributed by atoms with Crippen molar-refractivity contribution in [1.82, 2.24) is 4.98 Å². The molecule has 0 aromatic carbocycles. The van der Waals surface area contributed by atoms with Crippen molar-refractivity contribution in [1.29, 1.82) is 0 Å². The van der Waals surface area contributed by atoms with Crippen molar-refractivity contribution in [2.45, 2.75) is 116 Å². The molecule has 8 nitrogen and oxygen atoms in total. The molecule has 9 heteroatoms. The molecular weight excluding hydrogens is 470 g/mol. The Kier molecular flexibility index (Phi) is 7.48. The number of ketones is 1. The number of hydrogen-bond acceptors (Lipinski definition) is 9. The number of thiazole rings is 1. The second-order valence-corrected chi connectivity index (χ2v) is 12.5. The highest BCUT2D eigenvalue weighted by atomic mass is 32.1. The van der Waals surface area contributed by atoms with Gasteiger partial charge in [0, 0.05) is 17.7 Å². The van der Waals surface area contributed by atoms with E-state index in [9.17, 15) is 19.8 Å². The lowest BCUT2D eigenvalue weighted by molar-refractivity contribution is -0.159. The van der Waals surface area contributed by atoms with Crippen LogP contribution in [-0.2, 0) is 23.8 Å². The lowest BCUT2D eigenvalue weighted by atomic mass is 9.73. The second kappa shape index (κ2) is 9.82. The Morgan fingerprint density at radius 3 is 2.49 bits per heavy atom. The molecule has 9 atom stereocenters. The summed E-state index contributed by atoms with van der Waals surface area (Å²) < 4.78 is 17.9. The number of aromatic nitrogens is 1. The van der Waals surface area contributed by atoms with Gasteiger partial charge in [-0.25, -0.2) is 4.98 Å². The summed E-state index contributed by atoms with van der Waals surface area (Å²) in [6.07, 6.45) is -0.149. The van der Waals surface area contributed by atoms with Crippen LogP contribution in [0.5, 0.6) is 0 Å². The first-order valence-corrected chi connectivity index (χ1v) is 13.6. The molecule has 2 N–H and O–H groups in total. The van der Waals surface area contributed by atoms with Gasteiger partial charge < -0.3 is 24.4 Å². The van der Waals surface area contributed by atoms with Crippen LogP contribution in [0, 0.1) is 24.2 Å². The maximum Gasteiger partial charge on any atom is 0.308 e. The Morgan fingerprint density at radius 2 is 1.83 bits per heavy atom. The summed E-state index contributed by atoms with van der Waals surface area (Å²) in [6.45, 7) is 10.8. The van der Waals surface area contributed by atoms with Gasteiger partial charge in [-0.1, -0.05) is 34.1 Å². The topological polar surface area (TPSA) is 122 Å². The van der Waals surface area contributed by atoms with E-state index in [1.54, 1.807) is 32.1 Å². The number of fused-ring (bicyclic) bond motifs is 1. The van der Waals surface area contributed by atoms with E-state index in [4.69, 9.17) is 14.2 Å². The number of hydrogen-bond donors (Lipinski definition) is 2. The minimum absolute atomic E-state index is 0.0263. The number of carbonyl (C=O) groups is 2. The highest BCUT2D eigenvalue weighted by molar-refractivity contribution is 7.09. The molecule has 3 saturated heterocycles. The lowest BCUT2D eigenvalue weighted by Crippen LogP contribution is -2.46. The zero-order valence-corrected chi connectivity index (χ0v) is 22.3. The van der Waals surface area contributed by atoms with E-state index in [1.165, 1.54) is 0 Å². The van der Waals surface area contributed by atoms with Gasteiger partial charge in [0.15, 0.2) is 0 Å². The van der Waals surface area contributed by atoms with Crippen molar-refractivity contribution < 1.29 is 34.0 Å².